The van der Waals surface area contributed by atoms with Gasteiger partial charge >= 0.3 is 0 Å². The molecule has 2 aliphatic heterocycles. The number of carbonyl (C=O) groups is 1. The van der Waals surface area contributed by atoms with Gasteiger partial charge in [-0.25, -0.2) is 0 Å². The molecule has 126 valence electrons. The number of morpholine rings is 2. The summed E-state index contributed by atoms with van der Waals surface area (Å²) in [6.07, 6.45) is 0. The Hall–Kier alpha value is -1.79. The molecule has 2 aliphatic rings. The lowest BCUT2D eigenvalue weighted by Gasteiger charge is -2.31. The summed E-state index contributed by atoms with van der Waals surface area (Å²) in [7, 11) is 0. The third-order valence-electron chi connectivity index (χ3n) is 4.30. The molecule has 0 bridgehead atoms. The van der Waals surface area contributed by atoms with Gasteiger partial charge in [-0.3, -0.25) is 4.79 Å². The fourth-order valence-electron chi connectivity index (χ4n) is 2.98. The molecule has 23 heavy (non-hydrogen) atoms. The number of amides is 1. The molecule has 2 saturated heterocycles. The second kappa shape index (κ2) is 7.66. The van der Waals surface area contributed by atoms with Gasteiger partial charge in [0.05, 0.1) is 26.4 Å². The number of ether oxygens (including phenoxy) is 2. The summed E-state index contributed by atoms with van der Waals surface area (Å²) in [5.74, 6) is 0.130. The van der Waals surface area contributed by atoms with Crippen LogP contribution in [0.4, 0.5) is 11.4 Å². The van der Waals surface area contributed by atoms with E-state index in [1.807, 2.05) is 24.0 Å². The van der Waals surface area contributed by atoms with Crippen LogP contribution in [0.25, 0.3) is 0 Å². The normalized spacial score (nSPS) is 20.2. The molecule has 1 atom stereocenters. The first-order chi connectivity index (χ1) is 11.2. The Bertz CT molecular complexity index is 526. The summed E-state index contributed by atoms with van der Waals surface area (Å²) in [6.45, 7) is 7.89. The van der Waals surface area contributed by atoms with Crippen LogP contribution in [-0.2, 0) is 14.3 Å². The number of anilines is 2. The molecular weight excluding hydrogens is 294 g/mol. The highest BCUT2D eigenvalue weighted by atomic mass is 16.5. The van der Waals surface area contributed by atoms with Gasteiger partial charge in [0.1, 0.15) is 6.04 Å². The van der Waals surface area contributed by atoms with Crippen LogP contribution < -0.4 is 10.2 Å². The SMILES string of the molecule is C[C@@H](Nc1cccc(N2CCOCC2)c1)C(=O)N1CCOCC1. The molecule has 1 amide bonds. The number of carbonyl (C=O) groups excluding carboxylic acids is 1. The van der Waals surface area contributed by atoms with Crippen molar-refractivity contribution in [3.05, 3.63) is 24.3 Å². The van der Waals surface area contributed by atoms with Crippen molar-refractivity contribution in [3.63, 3.8) is 0 Å². The van der Waals surface area contributed by atoms with Gasteiger partial charge in [0.15, 0.2) is 0 Å². The van der Waals surface area contributed by atoms with Crippen LogP contribution in [0.3, 0.4) is 0 Å². The van der Waals surface area contributed by atoms with Gasteiger partial charge in [0, 0.05) is 37.6 Å². The number of rotatable bonds is 4. The molecule has 6 heteroatoms. The van der Waals surface area contributed by atoms with Crippen molar-refractivity contribution in [2.75, 3.05) is 62.8 Å². The number of nitrogens with one attached hydrogen (secondary N) is 1. The van der Waals surface area contributed by atoms with Gasteiger partial charge in [-0.2, -0.15) is 0 Å². The van der Waals surface area contributed by atoms with Crippen LogP contribution >= 0.6 is 0 Å². The molecule has 2 fully saturated rings. The maximum atomic E-state index is 12.5. The quantitative estimate of drug-likeness (QED) is 0.903. The first-order valence-electron chi connectivity index (χ1n) is 8.30. The first-order valence-corrected chi connectivity index (χ1v) is 8.30. The molecule has 0 spiro atoms. The average Bonchev–Trinajstić information content (AvgIpc) is 2.63. The van der Waals surface area contributed by atoms with Crippen LogP contribution in [0.5, 0.6) is 0 Å². The average molecular weight is 319 g/mol. The monoisotopic (exact) mass is 319 g/mol. The smallest absolute Gasteiger partial charge is 0.244 e. The number of benzene rings is 1. The Kier molecular flexibility index (Phi) is 5.35. The van der Waals surface area contributed by atoms with E-state index < -0.39 is 0 Å². The summed E-state index contributed by atoms with van der Waals surface area (Å²) in [6, 6.07) is 8.00. The van der Waals surface area contributed by atoms with Crippen molar-refractivity contribution >= 4 is 17.3 Å². The van der Waals surface area contributed by atoms with Crippen molar-refractivity contribution in [1.29, 1.82) is 0 Å². The Balaban J connectivity index is 1.61. The second-order valence-corrected chi connectivity index (χ2v) is 5.95. The Morgan fingerprint density at radius 2 is 1.74 bits per heavy atom. The molecule has 1 N–H and O–H groups in total. The van der Waals surface area contributed by atoms with E-state index in [1.165, 1.54) is 5.69 Å². The zero-order valence-electron chi connectivity index (χ0n) is 13.7. The largest absolute Gasteiger partial charge is 0.378 e. The topological polar surface area (TPSA) is 54.0 Å². The molecule has 0 aliphatic carbocycles. The molecule has 1 aromatic rings. The minimum Gasteiger partial charge on any atom is -0.378 e. The highest BCUT2D eigenvalue weighted by Gasteiger charge is 2.22. The molecule has 3 rings (SSSR count). The lowest BCUT2D eigenvalue weighted by atomic mass is 10.2. The van der Waals surface area contributed by atoms with Crippen LogP contribution in [0.15, 0.2) is 24.3 Å². The fourth-order valence-corrected chi connectivity index (χ4v) is 2.98. The zero-order valence-corrected chi connectivity index (χ0v) is 13.7. The molecule has 6 nitrogen and oxygen atoms in total. The van der Waals surface area contributed by atoms with Gasteiger partial charge in [0.2, 0.25) is 5.91 Å². The van der Waals surface area contributed by atoms with Crippen molar-refractivity contribution in [3.8, 4) is 0 Å². The Morgan fingerprint density at radius 3 is 2.43 bits per heavy atom. The standard InChI is InChI=1S/C17H25N3O3/c1-14(17(21)20-7-11-23-12-8-20)18-15-3-2-4-16(13-15)19-5-9-22-10-6-19/h2-4,13-14,18H,5-12H2,1H3/t14-/m1/s1. The maximum absolute atomic E-state index is 12.5. The van der Waals surface area contributed by atoms with Crippen molar-refractivity contribution < 1.29 is 14.3 Å². The van der Waals surface area contributed by atoms with Crippen LogP contribution in [-0.4, -0.2) is 69.5 Å². The van der Waals surface area contributed by atoms with E-state index in [-0.39, 0.29) is 11.9 Å². The van der Waals surface area contributed by atoms with Crippen molar-refractivity contribution in [2.45, 2.75) is 13.0 Å². The molecule has 0 aromatic heterocycles. The summed E-state index contributed by atoms with van der Waals surface area (Å²) in [5.41, 5.74) is 2.15. The second-order valence-electron chi connectivity index (χ2n) is 5.95. The van der Waals surface area contributed by atoms with E-state index in [0.29, 0.717) is 26.3 Å². The van der Waals surface area contributed by atoms with Crippen LogP contribution in [0.1, 0.15) is 6.92 Å². The summed E-state index contributed by atoms with van der Waals surface area (Å²) < 4.78 is 10.7. The van der Waals surface area contributed by atoms with Gasteiger partial charge < -0.3 is 24.6 Å². The Labute approximate surface area is 137 Å². The minimum atomic E-state index is -0.243. The highest BCUT2D eigenvalue weighted by molar-refractivity contribution is 5.84. The van der Waals surface area contributed by atoms with Crippen molar-refractivity contribution in [1.82, 2.24) is 4.90 Å². The molecular formula is C17H25N3O3. The third-order valence-corrected chi connectivity index (χ3v) is 4.30. The summed E-state index contributed by atoms with van der Waals surface area (Å²) in [4.78, 5) is 16.6. The lowest BCUT2D eigenvalue weighted by Crippen LogP contribution is -2.47. The molecule has 1 aromatic carbocycles. The van der Waals surface area contributed by atoms with Gasteiger partial charge in [-0.05, 0) is 25.1 Å². The summed E-state index contributed by atoms with van der Waals surface area (Å²) >= 11 is 0. The number of hydrogen-bond acceptors (Lipinski definition) is 5. The van der Waals surface area contributed by atoms with Crippen LogP contribution in [0.2, 0.25) is 0 Å². The van der Waals surface area contributed by atoms with E-state index in [1.54, 1.807) is 0 Å². The minimum absolute atomic E-state index is 0.130. The van der Waals surface area contributed by atoms with E-state index in [4.69, 9.17) is 9.47 Å². The molecule has 0 unspecified atom stereocenters. The molecule has 0 saturated carbocycles. The third kappa shape index (κ3) is 4.14. The van der Waals surface area contributed by atoms with Crippen molar-refractivity contribution in [2.24, 2.45) is 0 Å². The fraction of sp³-hybridized carbons (Fsp3) is 0.588. The van der Waals surface area contributed by atoms with E-state index in [0.717, 1.165) is 32.0 Å². The van der Waals surface area contributed by atoms with E-state index in [9.17, 15) is 4.79 Å². The Morgan fingerprint density at radius 1 is 1.09 bits per heavy atom. The van der Waals surface area contributed by atoms with Gasteiger partial charge in [0.25, 0.3) is 0 Å². The zero-order chi connectivity index (χ0) is 16.1. The predicted molar refractivity (Wildman–Crippen MR) is 90.0 cm³/mol. The molecule has 0 radical (unpaired) electrons. The maximum Gasteiger partial charge on any atom is 0.244 e. The van der Waals surface area contributed by atoms with E-state index >= 15 is 0 Å². The summed E-state index contributed by atoms with van der Waals surface area (Å²) in [5, 5.41) is 3.33. The van der Waals surface area contributed by atoms with Gasteiger partial charge in [-0.1, -0.05) is 6.07 Å². The highest BCUT2D eigenvalue weighted by Crippen LogP contribution is 2.21. The lowest BCUT2D eigenvalue weighted by molar-refractivity contribution is -0.135. The first kappa shape index (κ1) is 16.1. The van der Waals surface area contributed by atoms with Crippen LogP contribution in [0, 0.1) is 0 Å². The number of hydrogen-bond donors (Lipinski definition) is 1. The number of nitrogens with zero attached hydrogens (tertiary/aromatic N) is 2. The molecule has 2 heterocycles. The predicted octanol–water partition coefficient (Wildman–Crippen LogP) is 1.18. The van der Waals surface area contributed by atoms with E-state index in [2.05, 4.69) is 22.3 Å². The van der Waals surface area contributed by atoms with Gasteiger partial charge in [-0.15, -0.1) is 0 Å².